The average molecular weight is 539 g/mol. The van der Waals surface area contributed by atoms with Gasteiger partial charge in [-0.1, -0.05) is 31.0 Å². The van der Waals surface area contributed by atoms with Crippen LogP contribution in [0, 0.1) is 0 Å². The van der Waals surface area contributed by atoms with Crippen molar-refractivity contribution in [3.63, 3.8) is 0 Å². The number of benzene rings is 2. The van der Waals surface area contributed by atoms with Gasteiger partial charge in [0.2, 0.25) is 5.89 Å². The number of methoxy groups -OCH3 is 2. The molecule has 0 fully saturated rings. The quantitative estimate of drug-likeness (QED) is 0.263. The Labute approximate surface area is 223 Å². The summed E-state index contributed by atoms with van der Waals surface area (Å²) in [4.78, 5) is 28.4. The number of aryl methyl sites for hydroxylation is 1. The molecule has 4 aromatic rings. The molecule has 11 heteroatoms. The molecular weight excluding hydrogens is 512 g/mol. The van der Waals surface area contributed by atoms with Gasteiger partial charge < -0.3 is 29.3 Å². The van der Waals surface area contributed by atoms with Crippen LogP contribution in [0.2, 0.25) is 5.02 Å². The molecule has 0 aliphatic rings. The van der Waals surface area contributed by atoms with Crippen LogP contribution < -0.4 is 20.3 Å². The molecule has 2 aromatic heterocycles. The largest absolute Gasteiger partial charge is 0.506 e. The van der Waals surface area contributed by atoms with E-state index >= 15 is 0 Å². The maximum atomic E-state index is 13.1. The summed E-state index contributed by atoms with van der Waals surface area (Å²) in [6.07, 6.45) is 2.15. The van der Waals surface area contributed by atoms with Crippen LogP contribution in [0.5, 0.6) is 17.2 Å². The summed E-state index contributed by atoms with van der Waals surface area (Å²) in [5, 5.41) is 22.5. The van der Waals surface area contributed by atoms with Crippen LogP contribution in [0.1, 0.15) is 41.7 Å². The van der Waals surface area contributed by atoms with Crippen molar-refractivity contribution in [1.29, 1.82) is 0 Å². The Morgan fingerprint density at radius 3 is 2.37 bits per heavy atom. The highest BCUT2D eigenvalue weighted by atomic mass is 35.5. The van der Waals surface area contributed by atoms with Crippen molar-refractivity contribution in [2.45, 2.75) is 32.7 Å². The Morgan fingerprint density at radius 1 is 1.05 bits per heavy atom. The van der Waals surface area contributed by atoms with Crippen LogP contribution in [0.25, 0.3) is 22.6 Å². The number of nitrogens with one attached hydrogen (secondary N) is 2. The van der Waals surface area contributed by atoms with E-state index in [1.807, 2.05) is 6.92 Å². The lowest BCUT2D eigenvalue weighted by molar-refractivity contribution is 0.0947. The van der Waals surface area contributed by atoms with Gasteiger partial charge in [0.15, 0.2) is 0 Å². The van der Waals surface area contributed by atoms with Gasteiger partial charge >= 0.3 is 0 Å². The van der Waals surface area contributed by atoms with Gasteiger partial charge in [-0.05, 0) is 49.2 Å². The highest BCUT2D eigenvalue weighted by Crippen LogP contribution is 2.46. The van der Waals surface area contributed by atoms with E-state index in [2.05, 4.69) is 20.5 Å². The number of halogens is 1. The molecule has 10 nitrogen and oxygen atoms in total. The van der Waals surface area contributed by atoms with Crippen molar-refractivity contribution in [1.82, 2.24) is 20.5 Å². The van der Waals surface area contributed by atoms with Gasteiger partial charge in [-0.15, -0.1) is 10.2 Å². The third-order valence-electron chi connectivity index (χ3n) is 5.91. The standard InChI is InChI=1S/C27H27ClN4O6/c1-4-5-7-17-21(22-18(36-2)8-6-9-19(22)37-3)24(33)23(26(35)30-17)27-32-31-20(38-27)14-29-25(34)15-10-12-16(28)13-11-15/h6,8-13H,4-5,7,14H2,1-3H3,(H,29,34)(H2,30,33,35). The van der Waals surface area contributed by atoms with Gasteiger partial charge in [-0.3, -0.25) is 9.59 Å². The van der Waals surface area contributed by atoms with Crippen LogP contribution in [-0.4, -0.2) is 40.4 Å². The zero-order chi connectivity index (χ0) is 27.2. The third-order valence-corrected chi connectivity index (χ3v) is 6.16. The number of amides is 1. The lowest BCUT2D eigenvalue weighted by Gasteiger charge is -2.18. The first-order chi connectivity index (χ1) is 18.4. The molecule has 1 amide bonds. The fraction of sp³-hybridized carbons (Fsp3) is 0.259. The number of aromatic nitrogens is 3. The summed E-state index contributed by atoms with van der Waals surface area (Å²) in [5.41, 5.74) is 0.964. The molecule has 2 heterocycles. The number of carbonyl (C=O) groups is 1. The van der Waals surface area contributed by atoms with Crippen LogP contribution in [0.3, 0.4) is 0 Å². The van der Waals surface area contributed by atoms with Gasteiger partial charge in [0.1, 0.15) is 22.8 Å². The molecule has 0 spiro atoms. The van der Waals surface area contributed by atoms with Crippen LogP contribution >= 0.6 is 11.6 Å². The van der Waals surface area contributed by atoms with Gasteiger partial charge in [-0.25, -0.2) is 0 Å². The first-order valence-electron chi connectivity index (χ1n) is 11.9. The van der Waals surface area contributed by atoms with E-state index in [0.29, 0.717) is 45.3 Å². The second-order valence-corrected chi connectivity index (χ2v) is 8.80. The molecule has 2 aromatic carbocycles. The van der Waals surface area contributed by atoms with Gasteiger partial charge in [-0.2, -0.15) is 0 Å². The molecule has 3 N–H and O–H groups in total. The van der Waals surface area contributed by atoms with E-state index in [1.165, 1.54) is 14.2 Å². The first kappa shape index (κ1) is 26.7. The monoisotopic (exact) mass is 538 g/mol. The van der Waals surface area contributed by atoms with Gasteiger partial charge in [0, 0.05) is 16.3 Å². The Kier molecular flexibility index (Phi) is 8.32. The maximum Gasteiger partial charge on any atom is 0.264 e. The molecule has 0 saturated carbocycles. The highest BCUT2D eigenvalue weighted by Gasteiger charge is 2.27. The fourth-order valence-electron chi connectivity index (χ4n) is 4.03. The number of H-pyrrole nitrogens is 1. The van der Waals surface area contributed by atoms with E-state index in [1.54, 1.807) is 42.5 Å². The normalized spacial score (nSPS) is 10.8. The smallest absolute Gasteiger partial charge is 0.264 e. The van der Waals surface area contributed by atoms with E-state index in [-0.39, 0.29) is 35.5 Å². The first-order valence-corrected chi connectivity index (χ1v) is 12.3. The minimum Gasteiger partial charge on any atom is -0.506 e. The molecule has 0 radical (unpaired) electrons. The lowest BCUT2D eigenvalue weighted by Crippen LogP contribution is -2.22. The van der Waals surface area contributed by atoms with Gasteiger partial charge in [0.05, 0.1) is 31.9 Å². The number of carbonyl (C=O) groups excluding carboxylic acids is 1. The summed E-state index contributed by atoms with van der Waals surface area (Å²) in [5.74, 6) is 0.0401. The molecule has 0 aliphatic carbocycles. The van der Waals surface area contributed by atoms with E-state index in [0.717, 1.165) is 12.8 Å². The summed E-state index contributed by atoms with van der Waals surface area (Å²) in [6, 6.07) is 11.6. The van der Waals surface area contributed by atoms with Crippen molar-refractivity contribution < 1.29 is 23.8 Å². The predicted molar refractivity (Wildman–Crippen MR) is 142 cm³/mol. The van der Waals surface area contributed by atoms with E-state index in [4.69, 9.17) is 25.5 Å². The Morgan fingerprint density at radius 2 is 1.74 bits per heavy atom. The summed E-state index contributed by atoms with van der Waals surface area (Å²) in [7, 11) is 3.02. The number of pyridine rings is 1. The average Bonchev–Trinajstić information content (AvgIpc) is 3.39. The molecule has 0 aliphatic heterocycles. The van der Waals surface area contributed by atoms with Crippen molar-refractivity contribution in [3.05, 3.63) is 75.0 Å². The van der Waals surface area contributed by atoms with E-state index in [9.17, 15) is 14.7 Å². The molecule has 0 bridgehead atoms. The molecule has 4 rings (SSSR count). The fourth-order valence-corrected chi connectivity index (χ4v) is 4.16. The van der Waals surface area contributed by atoms with E-state index < -0.39 is 5.56 Å². The second-order valence-electron chi connectivity index (χ2n) is 8.36. The zero-order valence-corrected chi connectivity index (χ0v) is 21.9. The van der Waals surface area contributed by atoms with Crippen molar-refractivity contribution in [3.8, 4) is 39.8 Å². The topological polar surface area (TPSA) is 140 Å². The minimum atomic E-state index is -0.591. The molecule has 0 saturated heterocycles. The van der Waals surface area contributed by atoms with Gasteiger partial charge in [0.25, 0.3) is 17.4 Å². The van der Waals surface area contributed by atoms with Crippen molar-refractivity contribution in [2.24, 2.45) is 0 Å². The number of rotatable bonds is 10. The Hall–Kier alpha value is -4.31. The lowest BCUT2D eigenvalue weighted by atomic mass is 9.96. The van der Waals surface area contributed by atoms with Crippen molar-refractivity contribution in [2.75, 3.05) is 14.2 Å². The minimum absolute atomic E-state index is 0.0487. The van der Waals surface area contributed by atoms with Crippen LogP contribution in [0.15, 0.2) is 51.7 Å². The predicted octanol–water partition coefficient (Wildman–Crippen LogP) is 4.74. The number of aromatic hydroxyl groups is 1. The molecule has 0 atom stereocenters. The second kappa shape index (κ2) is 11.8. The maximum absolute atomic E-state index is 13.1. The molecule has 198 valence electrons. The van der Waals surface area contributed by atoms with Crippen LogP contribution in [0.4, 0.5) is 0 Å². The highest BCUT2D eigenvalue weighted by molar-refractivity contribution is 6.30. The number of aromatic amines is 1. The van der Waals surface area contributed by atoms with Crippen molar-refractivity contribution >= 4 is 17.5 Å². The molecule has 38 heavy (non-hydrogen) atoms. The summed E-state index contributed by atoms with van der Waals surface area (Å²) >= 11 is 5.87. The summed E-state index contributed by atoms with van der Waals surface area (Å²) in [6.45, 7) is 1.94. The Balaban J connectivity index is 1.73. The number of ether oxygens (including phenoxy) is 2. The SMILES string of the molecule is CCCCc1[nH]c(=O)c(-c2nnc(CNC(=O)c3ccc(Cl)cc3)o2)c(O)c1-c1c(OC)cccc1OC. The third kappa shape index (κ3) is 5.50. The zero-order valence-electron chi connectivity index (χ0n) is 21.1. The number of hydrogen-bond acceptors (Lipinski definition) is 8. The Bertz CT molecular complexity index is 1470. The molecular formula is C27H27ClN4O6. The molecule has 0 unspecified atom stereocenters. The number of nitrogens with zero attached hydrogens (tertiary/aromatic N) is 2. The summed E-state index contributed by atoms with van der Waals surface area (Å²) < 4.78 is 16.8. The number of unbranched alkanes of at least 4 members (excludes halogenated alkanes) is 1. The van der Waals surface area contributed by atoms with Crippen LogP contribution in [-0.2, 0) is 13.0 Å². The number of hydrogen-bond donors (Lipinski definition) is 3.